The first-order chi connectivity index (χ1) is 10.0. The molecule has 6 heteroatoms. The van der Waals surface area contributed by atoms with Gasteiger partial charge in [0.05, 0.1) is 30.6 Å². The summed E-state index contributed by atoms with van der Waals surface area (Å²) in [7, 11) is 1.35. The largest absolute Gasteiger partial charge is 0.465 e. The van der Waals surface area contributed by atoms with Crippen molar-refractivity contribution in [3.8, 4) is 0 Å². The molecule has 0 amide bonds. The van der Waals surface area contributed by atoms with Gasteiger partial charge in [-0.05, 0) is 68.6 Å². The number of nitrogens with zero attached hydrogens (tertiary/aromatic N) is 1. The molecule has 4 nitrogen and oxygen atoms in total. The molecule has 1 aromatic heterocycles. The van der Waals surface area contributed by atoms with E-state index in [1.54, 1.807) is 12.1 Å². The first-order valence-corrected chi connectivity index (χ1v) is 7.82. The third kappa shape index (κ3) is 4.04. The highest BCUT2D eigenvalue weighted by Gasteiger charge is 2.08. The van der Waals surface area contributed by atoms with Gasteiger partial charge in [0.1, 0.15) is 0 Å². The van der Waals surface area contributed by atoms with E-state index in [9.17, 15) is 4.79 Å². The number of ether oxygens (including phenoxy) is 1. The van der Waals surface area contributed by atoms with Crippen LogP contribution in [-0.4, -0.2) is 18.1 Å². The number of hydrogen-bond acceptors (Lipinski definition) is 4. The number of esters is 1. The van der Waals surface area contributed by atoms with Crippen molar-refractivity contribution in [1.29, 1.82) is 0 Å². The summed E-state index contributed by atoms with van der Waals surface area (Å²) in [5.74, 6) is -0.383. The van der Waals surface area contributed by atoms with Gasteiger partial charge in [-0.3, -0.25) is 4.98 Å². The second-order valence-corrected chi connectivity index (χ2v) is 6.20. The van der Waals surface area contributed by atoms with E-state index in [0.717, 1.165) is 20.3 Å². The summed E-state index contributed by atoms with van der Waals surface area (Å²) < 4.78 is 6.61. The molecule has 1 aromatic carbocycles. The van der Waals surface area contributed by atoms with Crippen molar-refractivity contribution in [2.24, 2.45) is 0 Å². The molecule has 0 aliphatic heterocycles. The maximum atomic E-state index is 11.3. The van der Waals surface area contributed by atoms with E-state index in [1.165, 1.54) is 18.9 Å². The first-order valence-electron chi connectivity index (χ1n) is 6.24. The highest BCUT2D eigenvalue weighted by molar-refractivity contribution is 9.11. The SMILES string of the molecule is COC(=O)c1ccc(CNc2c(Br)cc(C)cc2Br)nc1. The van der Waals surface area contributed by atoms with Gasteiger partial charge in [0, 0.05) is 15.1 Å². The molecule has 2 rings (SSSR count). The highest BCUT2D eigenvalue weighted by Crippen LogP contribution is 2.32. The topological polar surface area (TPSA) is 51.2 Å². The van der Waals surface area contributed by atoms with Crippen LogP contribution in [0.2, 0.25) is 0 Å². The van der Waals surface area contributed by atoms with Gasteiger partial charge in [-0.25, -0.2) is 4.79 Å². The molecule has 0 bridgehead atoms. The fraction of sp³-hybridized carbons (Fsp3) is 0.200. The molecule has 0 aliphatic rings. The summed E-state index contributed by atoms with van der Waals surface area (Å²) in [6, 6.07) is 7.59. The Morgan fingerprint density at radius 3 is 2.48 bits per heavy atom. The number of rotatable bonds is 4. The van der Waals surface area contributed by atoms with Gasteiger partial charge >= 0.3 is 5.97 Å². The number of hydrogen-bond donors (Lipinski definition) is 1. The zero-order valence-corrected chi connectivity index (χ0v) is 14.8. The van der Waals surface area contributed by atoms with Gasteiger partial charge in [0.15, 0.2) is 0 Å². The zero-order valence-electron chi connectivity index (χ0n) is 11.6. The minimum Gasteiger partial charge on any atom is -0.465 e. The van der Waals surface area contributed by atoms with Gasteiger partial charge in [-0.15, -0.1) is 0 Å². The van der Waals surface area contributed by atoms with Crippen LogP contribution in [0.15, 0.2) is 39.4 Å². The number of aryl methyl sites for hydroxylation is 1. The molecule has 0 saturated carbocycles. The number of carbonyl (C=O) groups is 1. The Hall–Kier alpha value is -1.40. The van der Waals surface area contributed by atoms with Crippen LogP contribution in [0.1, 0.15) is 21.6 Å². The average Bonchev–Trinajstić information content (AvgIpc) is 2.46. The Bertz CT molecular complexity index is 634. The molecule has 1 heterocycles. The third-order valence-corrected chi connectivity index (χ3v) is 4.13. The minimum absolute atomic E-state index is 0.383. The van der Waals surface area contributed by atoms with Crippen LogP contribution in [0.4, 0.5) is 5.69 Å². The average molecular weight is 414 g/mol. The van der Waals surface area contributed by atoms with Crippen LogP contribution in [0.25, 0.3) is 0 Å². The lowest BCUT2D eigenvalue weighted by Gasteiger charge is -2.11. The third-order valence-electron chi connectivity index (χ3n) is 2.88. The second kappa shape index (κ2) is 7.04. The van der Waals surface area contributed by atoms with E-state index in [0.29, 0.717) is 12.1 Å². The maximum Gasteiger partial charge on any atom is 0.339 e. The zero-order chi connectivity index (χ0) is 15.4. The molecular formula is C15H14Br2N2O2. The molecule has 21 heavy (non-hydrogen) atoms. The van der Waals surface area contributed by atoms with E-state index >= 15 is 0 Å². The predicted octanol–water partition coefficient (Wildman–Crippen LogP) is 4.31. The van der Waals surface area contributed by atoms with E-state index in [4.69, 9.17) is 0 Å². The van der Waals surface area contributed by atoms with Crippen LogP contribution in [0.5, 0.6) is 0 Å². The summed E-state index contributed by atoms with van der Waals surface area (Å²) in [6.07, 6.45) is 1.52. The Balaban J connectivity index is 2.08. The fourth-order valence-electron chi connectivity index (χ4n) is 1.82. The Kier molecular flexibility index (Phi) is 5.36. The molecular weight excluding hydrogens is 400 g/mol. The lowest BCUT2D eigenvalue weighted by molar-refractivity contribution is 0.0600. The summed E-state index contributed by atoms with van der Waals surface area (Å²) >= 11 is 7.07. The van der Waals surface area contributed by atoms with Crippen LogP contribution >= 0.6 is 31.9 Å². The van der Waals surface area contributed by atoms with Crippen LogP contribution < -0.4 is 5.32 Å². The van der Waals surface area contributed by atoms with Gasteiger partial charge < -0.3 is 10.1 Å². The van der Waals surface area contributed by atoms with E-state index in [2.05, 4.69) is 46.9 Å². The number of aromatic nitrogens is 1. The quantitative estimate of drug-likeness (QED) is 0.758. The number of anilines is 1. The van der Waals surface area contributed by atoms with Crippen molar-refractivity contribution in [3.05, 3.63) is 56.2 Å². The number of methoxy groups -OCH3 is 1. The monoisotopic (exact) mass is 412 g/mol. The van der Waals surface area contributed by atoms with E-state index in [1.807, 2.05) is 19.1 Å². The number of pyridine rings is 1. The minimum atomic E-state index is -0.383. The van der Waals surface area contributed by atoms with Gasteiger partial charge in [0.2, 0.25) is 0 Å². The summed E-state index contributed by atoms with van der Waals surface area (Å²) in [5, 5.41) is 3.31. The van der Waals surface area contributed by atoms with Gasteiger partial charge in [-0.2, -0.15) is 0 Å². The van der Waals surface area contributed by atoms with Crippen molar-refractivity contribution in [1.82, 2.24) is 4.98 Å². The van der Waals surface area contributed by atoms with Crippen molar-refractivity contribution in [2.75, 3.05) is 12.4 Å². The molecule has 1 N–H and O–H groups in total. The Morgan fingerprint density at radius 1 is 1.29 bits per heavy atom. The smallest absolute Gasteiger partial charge is 0.339 e. The Labute approximate surface area is 140 Å². The number of halogens is 2. The van der Waals surface area contributed by atoms with Crippen molar-refractivity contribution >= 4 is 43.5 Å². The number of benzene rings is 1. The van der Waals surface area contributed by atoms with Crippen LogP contribution in [0.3, 0.4) is 0 Å². The lowest BCUT2D eigenvalue weighted by Crippen LogP contribution is -2.06. The molecule has 0 radical (unpaired) electrons. The molecule has 0 unspecified atom stereocenters. The number of carbonyl (C=O) groups excluding carboxylic acids is 1. The highest BCUT2D eigenvalue weighted by atomic mass is 79.9. The van der Waals surface area contributed by atoms with Gasteiger partial charge in [0.25, 0.3) is 0 Å². The van der Waals surface area contributed by atoms with Gasteiger partial charge in [-0.1, -0.05) is 0 Å². The lowest BCUT2D eigenvalue weighted by atomic mass is 10.2. The molecule has 0 spiro atoms. The van der Waals surface area contributed by atoms with Crippen LogP contribution in [-0.2, 0) is 11.3 Å². The normalized spacial score (nSPS) is 10.3. The molecule has 0 atom stereocenters. The van der Waals surface area contributed by atoms with Crippen molar-refractivity contribution in [3.63, 3.8) is 0 Å². The summed E-state index contributed by atoms with van der Waals surface area (Å²) in [6.45, 7) is 2.59. The summed E-state index contributed by atoms with van der Waals surface area (Å²) in [5.41, 5.74) is 3.42. The van der Waals surface area contributed by atoms with E-state index in [-0.39, 0.29) is 5.97 Å². The first kappa shape index (κ1) is 16.0. The molecule has 110 valence electrons. The van der Waals surface area contributed by atoms with E-state index < -0.39 is 0 Å². The van der Waals surface area contributed by atoms with Crippen molar-refractivity contribution < 1.29 is 9.53 Å². The fourth-order valence-corrected chi connectivity index (χ4v) is 3.51. The predicted molar refractivity (Wildman–Crippen MR) is 89.5 cm³/mol. The maximum absolute atomic E-state index is 11.3. The number of nitrogens with one attached hydrogen (secondary N) is 1. The van der Waals surface area contributed by atoms with Crippen molar-refractivity contribution in [2.45, 2.75) is 13.5 Å². The molecule has 0 saturated heterocycles. The molecule has 2 aromatic rings. The second-order valence-electron chi connectivity index (χ2n) is 4.49. The molecule has 0 fully saturated rings. The summed E-state index contributed by atoms with van der Waals surface area (Å²) in [4.78, 5) is 15.6. The standard InChI is InChI=1S/C15H14Br2N2O2/c1-9-5-12(16)14(13(17)6-9)19-8-11-4-3-10(7-18-11)15(20)21-2/h3-7,19H,8H2,1-2H3. The van der Waals surface area contributed by atoms with Crippen LogP contribution in [0, 0.1) is 6.92 Å². The Morgan fingerprint density at radius 2 is 1.95 bits per heavy atom. The molecule has 0 aliphatic carbocycles.